The second-order valence-electron chi connectivity index (χ2n) is 5.37. The van der Waals surface area contributed by atoms with Crippen LogP contribution in [0.4, 0.5) is 0 Å². The molecule has 1 atom stereocenters. The van der Waals surface area contributed by atoms with Crippen LogP contribution >= 0.6 is 0 Å². The van der Waals surface area contributed by atoms with Crippen LogP contribution in [-0.2, 0) is 11.3 Å². The molecule has 0 radical (unpaired) electrons. The van der Waals surface area contributed by atoms with Crippen LogP contribution in [0.15, 0.2) is 23.2 Å². The Balaban J connectivity index is 2.02. The number of hydrogen-bond donors (Lipinski definition) is 4. The average Bonchev–Trinajstić information content (AvgIpc) is 2.56. The number of hydrogen-bond acceptors (Lipinski definition) is 4. The number of rotatable bonds is 5. The normalized spacial score (nSPS) is 18.3. The molecule has 1 unspecified atom stereocenters. The quantitative estimate of drug-likeness (QED) is 0.474. The van der Waals surface area contributed by atoms with Gasteiger partial charge in [-0.25, -0.2) is 4.99 Å². The molecule has 1 amide bonds. The van der Waals surface area contributed by atoms with Crippen LogP contribution in [0.2, 0.25) is 0 Å². The second-order valence-corrected chi connectivity index (χ2v) is 5.37. The van der Waals surface area contributed by atoms with Gasteiger partial charge < -0.3 is 25.8 Å². The van der Waals surface area contributed by atoms with Crippen LogP contribution in [0.5, 0.6) is 11.5 Å². The third-order valence-electron chi connectivity index (χ3n) is 3.64. The Hall–Kier alpha value is -2.44. The Morgan fingerprint density at radius 1 is 1.52 bits per heavy atom. The summed E-state index contributed by atoms with van der Waals surface area (Å²) in [5.41, 5.74) is 0.693. The monoisotopic (exact) mass is 320 g/mol. The van der Waals surface area contributed by atoms with Crippen LogP contribution in [0.3, 0.4) is 0 Å². The molecule has 1 aromatic carbocycles. The number of benzene rings is 1. The van der Waals surface area contributed by atoms with Crippen molar-refractivity contribution in [3.8, 4) is 11.5 Å². The maximum atomic E-state index is 11.2. The molecule has 1 fully saturated rings. The topological polar surface area (TPSA) is 95.0 Å². The Kier molecular flexibility index (Phi) is 6.08. The highest BCUT2D eigenvalue weighted by molar-refractivity contribution is 5.81. The summed E-state index contributed by atoms with van der Waals surface area (Å²) in [5, 5.41) is 19.2. The second kappa shape index (κ2) is 8.26. The smallest absolute Gasteiger partial charge is 0.220 e. The molecule has 23 heavy (non-hydrogen) atoms. The van der Waals surface area contributed by atoms with Gasteiger partial charge in [-0.1, -0.05) is 0 Å². The predicted molar refractivity (Wildman–Crippen MR) is 88.6 cm³/mol. The molecule has 1 heterocycles. The van der Waals surface area contributed by atoms with Crippen molar-refractivity contribution >= 4 is 11.9 Å². The third kappa shape index (κ3) is 5.05. The summed E-state index contributed by atoms with van der Waals surface area (Å²) in [4.78, 5) is 15.7. The fraction of sp³-hybridized carbons (Fsp3) is 0.500. The molecular weight excluding hydrogens is 296 g/mol. The van der Waals surface area contributed by atoms with Crippen molar-refractivity contribution in [1.82, 2.24) is 16.0 Å². The van der Waals surface area contributed by atoms with Gasteiger partial charge in [-0.15, -0.1) is 0 Å². The molecule has 1 aromatic rings. The minimum Gasteiger partial charge on any atom is -0.508 e. The number of amides is 1. The number of piperidine rings is 1. The number of aromatic hydroxyl groups is 1. The number of aliphatic imine (C=N–C) groups is 1. The summed E-state index contributed by atoms with van der Waals surface area (Å²) in [7, 11) is 1.59. The summed E-state index contributed by atoms with van der Waals surface area (Å²) in [5.74, 6) is 1.62. The SMILES string of the molecule is CCNC(=NCc1cc(OC)ccc1O)NC1CCC(=O)NC1. The zero-order chi connectivity index (χ0) is 16.7. The summed E-state index contributed by atoms with van der Waals surface area (Å²) in [6.45, 7) is 3.64. The van der Waals surface area contributed by atoms with Crippen molar-refractivity contribution in [2.75, 3.05) is 20.2 Å². The molecule has 126 valence electrons. The van der Waals surface area contributed by atoms with E-state index in [1.807, 2.05) is 6.92 Å². The van der Waals surface area contributed by atoms with E-state index in [0.29, 0.717) is 36.8 Å². The van der Waals surface area contributed by atoms with E-state index in [1.165, 1.54) is 0 Å². The molecule has 0 bridgehead atoms. The lowest BCUT2D eigenvalue weighted by Gasteiger charge is -2.25. The highest BCUT2D eigenvalue weighted by Gasteiger charge is 2.18. The number of nitrogens with one attached hydrogen (secondary N) is 3. The van der Waals surface area contributed by atoms with Crippen LogP contribution in [-0.4, -0.2) is 43.2 Å². The average molecular weight is 320 g/mol. The summed E-state index contributed by atoms with van der Waals surface area (Å²) >= 11 is 0. The Bertz CT molecular complexity index is 564. The van der Waals surface area contributed by atoms with Gasteiger partial charge in [-0.3, -0.25) is 4.79 Å². The fourth-order valence-electron chi connectivity index (χ4n) is 2.35. The zero-order valence-corrected chi connectivity index (χ0v) is 13.6. The van der Waals surface area contributed by atoms with Crippen LogP contribution < -0.4 is 20.7 Å². The van der Waals surface area contributed by atoms with Crippen molar-refractivity contribution in [3.05, 3.63) is 23.8 Å². The van der Waals surface area contributed by atoms with Crippen LogP contribution in [0.25, 0.3) is 0 Å². The number of methoxy groups -OCH3 is 1. The van der Waals surface area contributed by atoms with Gasteiger partial charge in [0.05, 0.1) is 13.7 Å². The van der Waals surface area contributed by atoms with Crippen molar-refractivity contribution in [2.45, 2.75) is 32.4 Å². The third-order valence-corrected chi connectivity index (χ3v) is 3.64. The molecule has 0 aliphatic carbocycles. The van der Waals surface area contributed by atoms with E-state index in [4.69, 9.17) is 4.74 Å². The molecule has 0 saturated carbocycles. The van der Waals surface area contributed by atoms with Gasteiger partial charge in [0.2, 0.25) is 5.91 Å². The van der Waals surface area contributed by atoms with Crippen molar-refractivity contribution in [3.63, 3.8) is 0 Å². The number of guanidine groups is 1. The van der Waals surface area contributed by atoms with Gasteiger partial charge in [-0.05, 0) is 31.5 Å². The van der Waals surface area contributed by atoms with Gasteiger partial charge in [0.1, 0.15) is 11.5 Å². The Labute approximate surface area is 136 Å². The molecular formula is C16H24N4O3. The molecule has 7 heteroatoms. The summed E-state index contributed by atoms with van der Waals surface area (Å²) in [6.07, 6.45) is 1.30. The highest BCUT2D eigenvalue weighted by Crippen LogP contribution is 2.23. The first-order chi connectivity index (χ1) is 11.1. The first-order valence-corrected chi connectivity index (χ1v) is 7.79. The van der Waals surface area contributed by atoms with E-state index in [0.717, 1.165) is 13.0 Å². The summed E-state index contributed by atoms with van der Waals surface area (Å²) in [6, 6.07) is 5.23. The van der Waals surface area contributed by atoms with Gasteiger partial charge in [-0.2, -0.15) is 0 Å². The standard InChI is InChI=1S/C16H24N4O3/c1-3-17-16(20-12-4-7-15(22)18-10-12)19-9-11-8-13(23-2)5-6-14(11)21/h5-6,8,12,21H,3-4,7,9-10H2,1-2H3,(H,18,22)(H2,17,19,20). The van der Waals surface area contributed by atoms with Crippen molar-refractivity contribution in [2.24, 2.45) is 4.99 Å². The summed E-state index contributed by atoms with van der Waals surface area (Å²) < 4.78 is 5.16. The van der Waals surface area contributed by atoms with Gasteiger partial charge in [0.15, 0.2) is 5.96 Å². The zero-order valence-electron chi connectivity index (χ0n) is 13.6. The van der Waals surface area contributed by atoms with Crippen LogP contribution in [0, 0.1) is 0 Å². The number of nitrogens with zero attached hydrogens (tertiary/aromatic N) is 1. The largest absolute Gasteiger partial charge is 0.508 e. The molecule has 0 aromatic heterocycles. The molecule has 2 rings (SSSR count). The Morgan fingerprint density at radius 2 is 2.35 bits per heavy atom. The maximum Gasteiger partial charge on any atom is 0.220 e. The lowest BCUT2D eigenvalue weighted by atomic mass is 10.1. The van der Waals surface area contributed by atoms with E-state index < -0.39 is 0 Å². The number of ether oxygens (including phenoxy) is 1. The van der Waals surface area contributed by atoms with Crippen LogP contribution in [0.1, 0.15) is 25.3 Å². The minimum atomic E-state index is 0.0892. The van der Waals surface area contributed by atoms with Gasteiger partial charge in [0.25, 0.3) is 0 Å². The van der Waals surface area contributed by atoms with E-state index >= 15 is 0 Å². The van der Waals surface area contributed by atoms with E-state index in [2.05, 4.69) is 20.9 Å². The molecule has 1 saturated heterocycles. The predicted octanol–water partition coefficient (Wildman–Crippen LogP) is 0.734. The molecule has 7 nitrogen and oxygen atoms in total. The lowest BCUT2D eigenvalue weighted by molar-refractivity contribution is -0.122. The Morgan fingerprint density at radius 3 is 3.00 bits per heavy atom. The number of phenolic OH excluding ortho intramolecular Hbond substituents is 1. The highest BCUT2D eigenvalue weighted by atomic mass is 16.5. The number of phenols is 1. The van der Waals surface area contributed by atoms with E-state index in [1.54, 1.807) is 25.3 Å². The number of carbonyl (C=O) groups excluding carboxylic acids is 1. The first-order valence-electron chi connectivity index (χ1n) is 7.79. The lowest BCUT2D eigenvalue weighted by Crippen LogP contribution is -2.51. The molecule has 1 aliphatic rings. The van der Waals surface area contributed by atoms with Crippen molar-refractivity contribution < 1.29 is 14.6 Å². The van der Waals surface area contributed by atoms with Gasteiger partial charge >= 0.3 is 0 Å². The maximum absolute atomic E-state index is 11.2. The molecule has 1 aliphatic heterocycles. The first kappa shape index (κ1) is 16.9. The number of carbonyl (C=O) groups is 1. The van der Waals surface area contributed by atoms with Crippen molar-refractivity contribution in [1.29, 1.82) is 0 Å². The van der Waals surface area contributed by atoms with E-state index in [9.17, 15) is 9.90 Å². The molecule has 0 spiro atoms. The molecule has 4 N–H and O–H groups in total. The minimum absolute atomic E-state index is 0.0892. The fourth-order valence-corrected chi connectivity index (χ4v) is 2.35. The van der Waals surface area contributed by atoms with Gasteiger partial charge in [0, 0.05) is 31.1 Å². The van der Waals surface area contributed by atoms with E-state index in [-0.39, 0.29) is 17.7 Å².